The van der Waals surface area contributed by atoms with Gasteiger partial charge in [-0.2, -0.15) is 0 Å². The molecule has 0 unspecified atom stereocenters. The molecule has 0 spiro atoms. The third-order valence-corrected chi connectivity index (χ3v) is 7.55. The summed E-state index contributed by atoms with van der Waals surface area (Å²) in [6, 6.07) is 12.2. The number of fused-ring (bicyclic) bond motifs is 1. The second-order valence-corrected chi connectivity index (χ2v) is 9.84. The largest absolute Gasteiger partial charge is 0.378 e. The Hall–Kier alpha value is -2.94. The van der Waals surface area contributed by atoms with Crippen LogP contribution >= 0.6 is 11.6 Å². The number of benzene rings is 1. The van der Waals surface area contributed by atoms with Crippen LogP contribution in [-0.2, 0) is 14.8 Å². The van der Waals surface area contributed by atoms with Crippen molar-refractivity contribution in [1.29, 1.82) is 0 Å². The van der Waals surface area contributed by atoms with Crippen molar-refractivity contribution in [2.45, 2.75) is 11.8 Å². The van der Waals surface area contributed by atoms with Crippen molar-refractivity contribution in [3.05, 3.63) is 71.6 Å². The molecule has 7 nitrogen and oxygen atoms in total. The van der Waals surface area contributed by atoms with Crippen molar-refractivity contribution in [1.82, 2.24) is 13.9 Å². The minimum Gasteiger partial charge on any atom is -0.378 e. The average molecular weight is 469 g/mol. The number of anilines is 1. The first-order chi connectivity index (χ1) is 15.5. The third kappa shape index (κ3) is 3.54. The lowest BCUT2D eigenvalue weighted by atomic mass is 10.1. The summed E-state index contributed by atoms with van der Waals surface area (Å²) in [7, 11) is -3.88. The molecule has 164 valence electrons. The van der Waals surface area contributed by atoms with E-state index in [9.17, 15) is 8.42 Å². The Morgan fingerprint density at radius 3 is 2.47 bits per heavy atom. The van der Waals surface area contributed by atoms with Crippen molar-refractivity contribution >= 4 is 38.5 Å². The number of aromatic nitrogens is 3. The van der Waals surface area contributed by atoms with Crippen LogP contribution in [0.3, 0.4) is 0 Å². The van der Waals surface area contributed by atoms with E-state index in [1.165, 1.54) is 10.2 Å². The van der Waals surface area contributed by atoms with Gasteiger partial charge < -0.3 is 9.64 Å². The summed E-state index contributed by atoms with van der Waals surface area (Å²) < 4.78 is 33.8. The van der Waals surface area contributed by atoms with Crippen LogP contribution in [0.1, 0.15) is 5.56 Å². The molecule has 0 amide bonds. The van der Waals surface area contributed by atoms with E-state index >= 15 is 0 Å². The van der Waals surface area contributed by atoms with Gasteiger partial charge in [-0.25, -0.2) is 22.4 Å². The van der Waals surface area contributed by atoms with Crippen molar-refractivity contribution in [3.63, 3.8) is 0 Å². The van der Waals surface area contributed by atoms with E-state index < -0.39 is 10.0 Å². The SMILES string of the molecule is Cc1ccc(S(=O)(=O)n2cc(-c3cccnc3N3CCOCC3)c3c(Cl)ccnc32)cc1. The zero-order valence-electron chi connectivity index (χ0n) is 17.4. The maximum Gasteiger partial charge on any atom is 0.269 e. The number of morpholine rings is 1. The monoisotopic (exact) mass is 468 g/mol. The molecule has 1 aromatic carbocycles. The predicted molar refractivity (Wildman–Crippen MR) is 125 cm³/mol. The van der Waals surface area contributed by atoms with E-state index in [2.05, 4.69) is 14.9 Å². The maximum absolute atomic E-state index is 13.5. The molecule has 3 aromatic heterocycles. The van der Waals surface area contributed by atoms with Crippen LogP contribution in [0.15, 0.2) is 66.0 Å². The molecule has 0 radical (unpaired) electrons. The summed E-state index contributed by atoms with van der Waals surface area (Å²) in [6.07, 6.45) is 4.85. The predicted octanol–water partition coefficient (Wildman–Crippen LogP) is 4.13. The number of pyridine rings is 2. The number of nitrogens with zero attached hydrogens (tertiary/aromatic N) is 4. The fraction of sp³-hybridized carbons (Fsp3) is 0.217. The number of hydrogen-bond acceptors (Lipinski definition) is 6. The van der Waals surface area contributed by atoms with E-state index in [0.29, 0.717) is 42.3 Å². The van der Waals surface area contributed by atoms with E-state index in [1.54, 1.807) is 42.7 Å². The maximum atomic E-state index is 13.5. The molecule has 1 fully saturated rings. The molecule has 4 aromatic rings. The van der Waals surface area contributed by atoms with Crippen LogP contribution in [0.2, 0.25) is 5.02 Å². The van der Waals surface area contributed by atoms with Crippen LogP contribution in [0.5, 0.6) is 0 Å². The molecule has 1 aliphatic heterocycles. The minimum atomic E-state index is -3.88. The zero-order valence-corrected chi connectivity index (χ0v) is 19.0. The van der Waals surface area contributed by atoms with Gasteiger partial charge >= 0.3 is 0 Å². The first-order valence-corrected chi connectivity index (χ1v) is 12.0. The van der Waals surface area contributed by atoms with Crippen LogP contribution in [0, 0.1) is 6.92 Å². The van der Waals surface area contributed by atoms with Gasteiger partial charge in [0.15, 0.2) is 5.65 Å². The summed E-state index contributed by atoms with van der Waals surface area (Å²) in [5, 5.41) is 1.01. The average Bonchev–Trinajstić information content (AvgIpc) is 3.22. The Morgan fingerprint density at radius 2 is 1.72 bits per heavy atom. The smallest absolute Gasteiger partial charge is 0.269 e. The fourth-order valence-corrected chi connectivity index (χ4v) is 5.49. The first-order valence-electron chi connectivity index (χ1n) is 10.2. The Labute approximate surface area is 191 Å². The summed E-state index contributed by atoms with van der Waals surface area (Å²) in [5.41, 5.74) is 2.73. The van der Waals surface area contributed by atoms with E-state index in [0.717, 1.165) is 16.9 Å². The topological polar surface area (TPSA) is 77.3 Å². The summed E-state index contributed by atoms with van der Waals surface area (Å²) in [6.45, 7) is 4.55. The molecule has 0 aliphatic carbocycles. The van der Waals surface area contributed by atoms with E-state index in [-0.39, 0.29) is 10.5 Å². The second-order valence-electron chi connectivity index (χ2n) is 7.62. The van der Waals surface area contributed by atoms with Crippen molar-refractivity contribution in [3.8, 4) is 11.1 Å². The quantitative estimate of drug-likeness (QED) is 0.448. The molecule has 0 saturated carbocycles. The Morgan fingerprint density at radius 1 is 0.969 bits per heavy atom. The van der Waals surface area contributed by atoms with Gasteiger partial charge in [-0.15, -0.1) is 0 Å². The Bertz CT molecular complexity index is 1390. The number of hydrogen-bond donors (Lipinski definition) is 0. The number of ether oxygens (including phenoxy) is 1. The molecule has 32 heavy (non-hydrogen) atoms. The Balaban J connectivity index is 1.74. The highest BCUT2D eigenvalue weighted by atomic mass is 35.5. The van der Waals surface area contributed by atoms with Crippen LogP contribution in [-0.4, -0.2) is 48.7 Å². The van der Waals surface area contributed by atoms with Crippen LogP contribution in [0.4, 0.5) is 5.82 Å². The highest BCUT2D eigenvalue weighted by molar-refractivity contribution is 7.90. The molecule has 4 heterocycles. The number of rotatable bonds is 4. The second kappa shape index (κ2) is 8.20. The highest BCUT2D eigenvalue weighted by Gasteiger charge is 2.26. The lowest BCUT2D eigenvalue weighted by molar-refractivity contribution is 0.122. The fourth-order valence-electron chi connectivity index (χ4n) is 3.93. The summed E-state index contributed by atoms with van der Waals surface area (Å²) in [5.74, 6) is 0.766. The molecule has 0 bridgehead atoms. The van der Waals surface area contributed by atoms with Crippen molar-refractivity contribution in [2.24, 2.45) is 0 Å². The van der Waals surface area contributed by atoms with Gasteiger partial charge in [0.05, 0.1) is 23.1 Å². The molecular weight excluding hydrogens is 448 g/mol. The van der Waals surface area contributed by atoms with Gasteiger partial charge in [-0.1, -0.05) is 29.3 Å². The molecular formula is C23H21ClN4O3S. The highest BCUT2D eigenvalue weighted by Crippen LogP contribution is 2.39. The molecule has 5 rings (SSSR count). The van der Waals surface area contributed by atoms with Gasteiger partial charge in [0.2, 0.25) is 0 Å². The van der Waals surface area contributed by atoms with Crippen molar-refractivity contribution in [2.75, 3.05) is 31.2 Å². The van der Waals surface area contributed by atoms with Gasteiger partial charge in [0.25, 0.3) is 10.0 Å². The molecule has 9 heteroatoms. The van der Waals surface area contributed by atoms with Gasteiger partial charge in [0, 0.05) is 48.2 Å². The third-order valence-electron chi connectivity index (χ3n) is 5.57. The van der Waals surface area contributed by atoms with Gasteiger partial charge in [-0.05, 0) is 37.3 Å². The molecule has 1 aliphatic rings. The summed E-state index contributed by atoms with van der Waals surface area (Å²) in [4.78, 5) is 11.3. The molecule has 0 atom stereocenters. The molecule has 1 saturated heterocycles. The standard InChI is InChI=1S/C23H21ClN4O3S/c1-16-4-6-17(7-5-16)32(29,30)28-15-19(21-20(24)8-10-26-23(21)28)18-3-2-9-25-22(18)27-11-13-31-14-12-27/h2-10,15H,11-14H2,1H3. The number of halogens is 1. The van der Waals surface area contributed by atoms with Crippen LogP contribution < -0.4 is 4.90 Å². The number of aryl methyl sites for hydroxylation is 1. The summed E-state index contributed by atoms with van der Waals surface area (Å²) >= 11 is 6.58. The zero-order chi connectivity index (χ0) is 22.3. The lowest BCUT2D eigenvalue weighted by Gasteiger charge is -2.29. The minimum absolute atomic E-state index is 0.188. The van der Waals surface area contributed by atoms with E-state index in [1.807, 2.05) is 19.1 Å². The first kappa shape index (κ1) is 20.9. The van der Waals surface area contributed by atoms with E-state index in [4.69, 9.17) is 16.3 Å². The van der Waals surface area contributed by atoms with Gasteiger partial charge in [0.1, 0.15) is 5.82 Å². The van der Waals surface area contributed by atoms with Gasteiger partial charge in [-0.3, -0.25) is 0 Å². The van der Waals surface area contributed by atoms with Crippen LogP contribution in [0.25, 0.3) is 22.2 Å². The Kier molecular flexibility index (Phi) is 5.36. The normalized spacial score (nSPS) is 14.8. The van der Waals surface area contributed by atoms with Crippen molar-refractivity contribution < 1.29 is 13.2 Å². The molecule has 0 N–H and O–H groups in total. The lowest BCUT2D eigenvalue weighted by Crippen LogP contribution is -2.37.